The summed E-state index contributed by atoms with van der Waals surface area (Å²) < 4.78 is 11.0. The Bertz CT molecular complexity index is 913. The second-order valence-corrected chi connectivity index (χ2v) is 9.27. The second kappa shape index (κ2) is 12.2. The third kappa shape index (κ3) is 8.87. The number of aryl methyl sites for hydroxylation is 1. The number of rotatable bonds is 5. The van der Waals surface area contributed by atoms with Gasteiger partial charge in [-0.05, 0) is 65.5 Å². The highest BCUT2D eigenvalue weighted by Gasteiger charge is 2.25. The van der Waals surface area contributed by atoms with Gasteiger partial charge in [0.1, 0.15) is 11.9 Å². The molecule has 9 heteroatoms. The molecule has 2 aromatic rings. The molecule has 182 valence electrons. The lowest BCUT2D eigenvalue weighted by atomic mass is 9.91. The molecule has 0 atom stereocenters. The number of nitrogens with zero attached hydrogens (tertiary/aromatic N) is 2. The number of oxazole rings is 1. The summed E-state index contributed by atoms with van der Waals surface area (Å²) in [6.45, 7) is 8.18. The summed E-state index contributed by atoms with van der Waals surface area (Å²) >= 11 is 0. The van der Waals surface area contributed by atoms with Crippen LogP contribution in [0.3, 0.4) is 0 Å². The van der Waals surface area contributed by atoms with Crippen molar-refractivity contribution in [3.05, 3.63) is 41.8 Å². The number of carbonyl (C=O) groups is 1. The Balaban J connectivity index is 0.00000385. The number of benzene rings is 1. The Morgan fingerprint density at radius 1 is 1.12 bits per heavy atom. The van der Waals surface area contributed by atoms with Gasteiger partial charge in [-0.15, -0.1) is 24.0 Å². The van der Waals surface area contributed by atoms with Gasteiger partial charge in [0.05, 0.1) is 12.2 Å². The zero-order valence-electron chi connectivity index (χ0n) is 20.1. The van der Waals surface area contributed by atoms with E-state index in [1.54, 1.807) is 13.3 Å². The van der Waals surface area contributed by atoms with Crippen LogP contribution in [0.1, 0.15) is 57.7 Å². The molecule has 1 amide bonds. The molecule has 1 fully saturated rings. The highest BCUT2D eigenvalue weighted by atomic mass is 127. The average molecular weight is 569 g/mol. The topological polar surface area (TPSA) is 101 Å². The van der Waals surface area contributed by atoms with Crippen LogP contribution in [0.4, 0.5) is 4.79 Å². The lowest BCUT2D eigenvalue weighted by Crippen LogP contribution is -2.47. The van der Waals surface area contributed by atoms with E-state index in [1.165, 1.54) is 5.56 Å². The molecule has 1 aliphatic carbocycles. The first kappa shape index (κ1) is 26.9. The van der Waals surface area contributed by atoms with E-state index < -0.39 is 5.60 Å². The maximum Gasteiger partial charge on any atom is 0.407 e. The molecule has 3 N–H and O–H groups in total. The number of hydrogen-bond acceptors (Lipinski definition) is 5. The molecular formula is C24H36IN5O3. The van der Waals surface area contributed by atoms with Crippen molar-refractivity contribution >= 4 is 36.0 Å². The van der Waals surface area contributed by atoms with Crippen molar-refractivity contribution in [2.45, 2.75) is 77.6 Å². The third-order valence-corrected chi connectivity index (χ3v) is 5.30. The van der Waals surface area contributed by atoms with Gasteiger partial charge in [-0.1, -0.05) is 17.7 Å². The first-order valence-electron chi connectivity index (χ1n) is 11.2. The number of ether oxygens (including phenoxy) is 1. The van der Waals surface area contributed by atoms with Crippen molar-refractivity contribution in [3.63, 3.8) is 0 Å². The van der Waals surface area contributed by atoms with Gasteiger partial charge < -0.3 is 25.1 Å². The van der Waals surface area contributed by atoms with Gasteiger partial charge in [-0.3, -0.25) is 4.99 Å². The van der Waals surface area contributed by atoms with Crippen LogP contribution >= 0.6 is 24.0 Å². The minimum Gasteiger partial charge on any atom is -0.444 e. The number of carbonyl (C=O) groups excluding carboxylic acids is 1. The second-order valence-electron chi connectivity index (χ2n) is 9.27. The Morgan fingerprint density at radius 3 is 2.30 bits per heavy atom. The summed E-state index contributed by atoms with van der Waals surface area (Å²) in [6.07, 6.45) is 5.02. The van der Waals surface area contributed by atoms with E-state index in [1.807, 2.05) is 45.0 Å². The molecule has 0 saturated heterocycles. The Hall–Kier alpha value is -2.30. The Labute approximate surface area is 213 Å². The van der Waals surface area contributed by atoms with Crippen molar-refractivity contribution in [1.82, 2.24) is 20.9 Å². The van der Waals surface area contributed by atoms with Crippen molar-refractivity contribution in [2.75, 3.05) is 7.05 Å². The van der Waals surface area contributed by atoms with Crippen molar-refractivity contribution < 1.29 is 13.9 Å². The number of aromatic nitrogens is 1. The molecule has 33 heavy (non-hydrogen) atoms. The van der Waals surface area contributed by atoms with Gasteiger partial charge in [-0.2, -0.15) is 0 Å². The molecule has 3 rings (SSSR count). The van der Waals surface area contributed by atoms with Crippen LogP contribution in [0.25, 0.3) is 11.5 Å². The fourth-order valence-corrected chi connectivity index (χ4v) is 3.64. The zero-order chi connectivity index (χ0) is 23.1. The van der Waals surface area contributed by atoms with Gasteiger partial charge in [0.25, 0.3) is 0 Å². The molecule has 0 spiro atoms. The predicted octanol–water partition coefficient (Wildman–Crippen LogP) is 4.77. The summed E-state index contributed by atoms with van der Waals surface area (Å²) in [6, 6.07) is 8.55. The van der Waals surface area contributed by atoms with E-state index in [0.29, 0.717) is 18.5 Å². The highest BCUT2D eigenvalue weighted by Crippen LogP contribution is 2.20. The number of nitrogens with one attached hydrogen (secondary N) is 3. The standard InChI is InChI=1S/C24H35N5O3.HI/c1-16-6-8-17(9-7-16)21-27-20(15-31-21)14-26-22(25-5)28-18-10-12-19(13-11-18)29-23(30)32-24(2,3)4;/h6-9,15,18-19H,10-14H2,1-5H3,(H,29,30)(H2,25,26,28);1H. The van der Waals surface area contributed by atoms with Crippen LogP contribution in [0.5, 0.6) is 0 Å². The quantitative estimate of drug-likeness (QED) is 0.273. The Kier molecular flexibility index (Phi) is 10.00. The SMILES string of the molecule is CN=C(NCc1coc(-c2ccc(C)cc2)n1)NC1CCC(NC(=O)OC(C)(C)C)CC1.I. The molecular weight excluding hydrogens is 533 g/mol. The molecule has 8 nitrogen and oxygen atoms in total. The van der Waals surface area contributed by atoms with E-state index in [4.69, 9.17) is 9.15 Å². The molecule has 1 aromatic heterocycles. The number of guanidine groups is 1. The lowest BCUT2D eigenvalue weighted by Gasteiger charge is -2.31. The summed E-state index contributed by atoms with van der Waals surface area (Å²) in [5, 5.41) is 9.75. The molecule has 0 aliphatic heterocycles. The van der Waals surface area contributed by atoms with E-state index in [9.17, 15) is 4.79 Å². The fourth-order valence-electron chi connectivity index (χ4n) is 3.64. The molecule has 1 aliphatic rings. The van der Waals surface area contributed by atoms with Gasteiger partial charge in [0.15, 0.2) is 5.96 Å². The number of halogens is 1. The van der Waals surface area contributed by atoms with Gasteiger partial charge in [0.2, 0.25) is 5.89 Å². The highest BCUT2D eigenvalue weighted by molar-refractivity contribution is 14.0. The molecule has 1 aromatic carbocycles. The number of aliphatic imine (C=N–C) groups is 1. The summed E-state index contributed by atoms with van der Waals surface area (Å²) in [5.41, 5.74) is 2.49. The predicted molar refractivity (Wildman–Crippen MR) is 141 cm³/mol. The van der Waals surface area contributed by atoms with E-state index in [-0.39, 0.29) is 36.1 Å². The fraction of sp³-hybridized carbons (Fsp3) is 0.542. The normalized spacial score (nSPS) is 18.8. The molecule has 1 saturated carbocycles. The van der Waals surface area contributed by atoms with E-state index in [2.05, 4.69) is 32.9 Å². The summed E-state index contributed by atoms with van der Waals surface area (Å²) in [5.74, 6) is 1.34. The first-order chi connectivity index (χ1) is 15.2. The lowest BCUT2D eigenvalue weighted by molar-refractivity contribution is 0.0490. The zero-order valence-corrected chi connectivity index (χ0v) is 22.4. The molecule has 0 bridgehead atoms. The Morgan fingerprint density at radius 2 is 1.73 bits per heavy atom. The van der Waals surface area contributed by atoms with Gasteiger partial charge >= 0.3 is 6.09 Å². The van der Waals surface area contributed by atoms with Gasteiger partial charge in [-0.25, -0.2) is 9.78 Å². The van der Waals surface area contributed by atoms with Crippen LogP contribution in [-0.2, 0) is 11.3 Å². The van der Waals surface area contributed by atoms with Crippen molar-refractivity contribution in [1.29, 1.82) is 0 Å². The smallest absolute Gasteiger partial charge is 0.407 e. The van der Waals surface area contributed by atoms with Crippen molar-refractivity contribution in [2.24, 2.45) is 4.99 Å². The molecule has 0 unspecified atom stereocenters. The van der Waals surface area contributed by atoms with Crippen LogP contribution in [0, 0.1) is 6.92 Å². The van der Waals surface area contributed by atoms with E-state index >= 15 is 0 Å². The monoisotopic (exact) mass is 569 g/mol. The molecule has 0 radical (unpaired) electrons. The minimum atomic E-state index is -0.480. The third-order valence-electron chi connectivity index (χ3n) is 5.30. The minimum absolute atomic E-state index is 0. The number of amides is 1. The average Bonchev–Trinajstić information content (AvgIpc) is 3.20. The largest absolute Gasteiger partial charge is 0.444 e. The van der Waals surface area contributed by atoms with Crippen LogP contribution in [0.2, 0.25) is 0 Å². The summed E-state index contributed by atoms with van der Waals surface area (Å²) in [7, 11) is 1.76. The molecule has 1 heterocycles. The van der Waals surface area contributed by atoms with Crippen molar-refractivity contribution in [3.8, 4) is 11.5 Å². The van der Waals surface area contributed by atoms with E-state index in [0.717, 1.165) is 42.9 Å². The van der Waals surface area contributed by atoms with Crippen LogP contribution in [-0.4, -0.2) is 41.8 Å². The van der Waals surface area contributed by atoms with Crippen LogP contribution in [0.15, 0.2) is 39.9 Å². The maximum atomic E-state index is 12.0. The first-order valence-corrected chi connectivity index (χ1v) is 11.2. The summed E-state index contributed by atoms with van der Waals surface area (Å²) in [4.78, 5) is 20.9. The van der Waals surface area contributed by atoms with Crippen LogP contribution < -0.4 is 16.0 Å². The maximum absolute atomic E-state index is 12.0. The number of hydrogen-bond donors (Lipinski definition) is 3. The van der Waals surface area contributed by atoms with Gasteiger partial charge in [0, 0.05) is 24.7 Å². The number of alkyl carbamates (subject to hydrolysis) is 1.